The molecule has 3 heterocycles. The average molecular weight is 366 g/mol. The normalized spacial score (nSPS) is 11.7. The first kappa shape index (κ1) is 18.1. The molecule has 0 aromatic carbocycles. The van der Waals surface area contributed by atoms with Crippen LogP contribution in [0.25, 0.3) is 5.82 Å². The summed E-state index contributed by atoms with van der Waals surface area (Å²) in [5.74, 6) is -2.02. The summed E-state index contributed by atoms with van der Waals surface area (Å²) in [6.07, 6.45) is 6.61. The number of nitrogens with two attached hydrogens (primary N) is 1. The molecule has 0 radical (unpaired) electrons. The van der Waals surface area contributed by atoms with Gasteiger partial charge in [-0.15, -0.1) is 0 Å². The van der Waals surface area contributed by atoms with E-state index >= 15 is 0 Å². The Bertz CT molecular complexity index is 962. The number of ketones is 1. The molecule has 4 N–H and O–H groups in total. The third kappa shape index (κ3) is 3.92. The molecule has 3 rings (SSSR count). The van der Waals surface area contributed by atoms with E-state index < -0.39 is 23.6 Å². The van der Waals surface area contributed by atoms with Crippen LogP contribution >= 0.6 is 0 Å². The molecule has 3 aromatic rings. The van der Waals surface area contributed by atoms with Gasteiger partial charge in [-0.05, 0) is 30.7 Å². The standard InChI is InChI=1S/C18H18N6O3/c1-11-9-22-17(24(11)14-4-2-3-6-21-14)18(27)23-13(15(25)16(19)26)8-12-5-7-20-10-12/h2-7,9-10,13,20H,8H2,1H3,(H2,19,26)(H,23,27). The molecule has 1 atom stereocenters. The van der Waals surface area contributed by atoms with E-state index in [0.29, 0.717) is 11.5 Å². The Balaban J connectivity index is 1.88. The fourth-order valence-electron chi connectivity index (χ4n) is 2.70. The van der Waals surface area contributed by atoms with Crippen LogP contribution in [0.1, 0.15) is 21.9 Å². The first-order chi connectivity index (χ1) is 13.0. The van der Waals surface area contributed by atoms with Crippen LogP contribution in [0.3, 0.4) is 0 Å². The summed E-state index contributed by atoms with van der Waals surface area (Å²) in [4.78, 5) is 47.5. The molecule has 0 aliphatic rings. The fourth-order valence-corrected chi connectivity index (χ4v) is 2.70. The molecule has 0 saturated heterocycles. The van der Waals surface area contributed by atoms with Crippen LogP contribution in [-0.2, 0) is 16.0 Å². The number of carbonyl (C=O) groups excluding carboxylic acids is 3. The van der Waals surface area contributed by atoms with Crippen molar-refractivity contribution in [3.63, 3.8) is 0 Å². The number of pyridine rings is 1. The molecule has 138 valence electrons. The Labute approximate surface area is 154 Å². The van der Waals surface area contributed by atoms with E-state index in [4.69, 9.17) is 5.73 Å². The first-order valence-corrected chi connectivity index (χ1v) is 8.19. The van der Waals surface area contributed by atoms with E-state index in [1.165, 1.54) is 6.20 Å². The Hall–Kier alpha value is -3.75. The molecule has 2 amide bonds. The number of H-pyrrole nitrogens is 1. The molecular formula is C18H18N6O3. The number of aromatic nitrogens is 4. The second-order valence-corrected chi connectivity index (χ2v) is 5.92. The lowest BCUT2D eigenvalue weighted by Gasteiger charge is -2.16. The summed E-state index contributed by atoms with van der Waals surface area (Å²) in [6.45, 7) is 1.78. The minimum atomic E-state index is -1.11. The number of hydrogen-bond donors (Lipinski definition) is 3. The van der Waals surface area contributed by atoms with Crippen molar-refractivity contribution in [1.82, 2.24) is 24.8 Å². The largest absolute Gasteiger partial charge is 0.367 e. The van der Waals surface area contributed by atoms with Crippen LogP contribution in [0.15, 0.2) is 49.1 Å². The Morgan fingerprint density at radius 1 is 1.26 bits per heavy atom. The number of carbonyl (C=O) groups is 3. The van der Waals surface area contributed by atoms with Crippen molar-refractivity contribution in [3.05, 3.63) is 66.1 Å². The summed E-state index contributed by atoms with van der Waals surface area (Å²) in [5, 5.41) is 2.56. The van der Waals surface area contributed by atoms with Gasteiger partial charge in [-0.2, -0.15) is 0 Å². The van der Waals surface area contributed by atoms with Gasteiger partial charge >= 0.3 is 0 Å². The third-order valence-corrected chi connectivity index (χ3v) is 3.99. The topological polar surface area (TPSA) is 136 Å². The molecule has 1 unspecified atom stereocenters. The fraction of sp³-hybridized carbons (Fsp3) is 0.167. The van der Waals surface area contributed by atoms with Crippen LogP contribution in [0.4, 0.5) is 0 Å². The molecule has 0 saturated carbocycles. The summed E-state index contributed by atoms with van der Waals surface area (Å²) >= 11 is 0. The van der Waals surface area contributed by atoms with Crippen LogP contribution in [-0.4, -0.2) is 43.2 Å². The Kier molecular flexibility index (Phi) is 5.11. The minimum Gasteiger partial charge on any atom is -0.367 e. The van der Waals surface area contributed by atoms with Crippen LogP contribution in [0.2, 0.25) is 0 Å². The van der Waals surface area contributed by atoms with Crippen molar-refractivity contribution in [2.45, 2.75) is 19.4 Å². The van der Waals surface area contributed by atoms with Crippen molar-refractivity contribution >= 4 is 17.6 Å². The average Bonchev–Trinajstić information content (AvgIpc) is 3.30. The van der Waals surface area contributed by atoms with Gasteiger partial charge in [0, 0.05) is 36.9 Å². The highest BCUT2D eigenvalue weighted by Gasteiger charge is 2.28. The van der Waals surface area contributed by atoms with Crippen molar-refractivity contribution in [2.24, 2.45) is 5.73 Å². The number of aryl methyl sites for hydroxylation is 1. The maximum atomic E-state index is 12.8. The molecule has 9 nitrogen and oxygen atoms in total. The zero-order chi connectivity index (χ0) is 19.4. The summed E-state index contributed by atoms with van der Waals surface area (Å²) in [7, 11) is 0. The predicted molar refractivity (Wildman–Crippen MR) is 96.0 cm³/mol. The Morgan fingerprint density at radius 3 is 2.70 bits per heavy atom. The number of nitrogens with zero attached hydrogens (tertiary/aromatic N) is 3. The lowest BCUT2D eigenvalue weighted by Crippen LogP contribution is -2.47. The van der Waals surface area contributed by atoms with Gasteiger partial charge in [-0.3, -0.25) is 19.0 Å². The second kappa shape index (κ2) is 7.65. The van der Waals surface area contributed by atoms with Crippen molar-refractivity contribution in [1.29, 1.82) is 0 Å². The molecule has 0 fully saturated rings. The monoisotopic (exact) mass is 366 g/mol. The lowest BCUT2D eigenvalue weighted by molar-refractivity contribution is -0.137. The number of imidazole rings is 1. The van der Waals surface area contributed by atoms with E-state index in [1.54, 1.807) is 54.3 Å². The number of aromatic amines is 1. The van der Waals surface area contributed by atoms with Gasteiger partial charge in [-0.1, -0.05) is 6.07 Å². The van der Waals surface area contributed by atoms with Gasteiger partial charge in [-0.25, -0.2) is 9.97 Å². The van der Waals surface area contributed by atoms with Crippen molar-refractivity contribution in [2.75, 3.05) is 0 Å². The van der Waals surface area contributed by atoms with E-state index in [9.17, 15) is 14.4 Å². The Morgan fingerprint density at radius 2 is 2.07 bits per heavy atom. The van der Waals surface area contributed by atoms with Gasteiger partial charge in [0.05, 0.1) is 0 Å². The van der Waals surface area contributed by atoms with Gasteiger partial charge in [0.15, 0.2) is 0 Å². The summed E-state index contributed by atoms with van der Waals surface area (Å²) in [5.41, 5.74) is 6.57. The van der Waals surface area contributed by atoms with Crippen LogP contribution in [0, 0.1) is 6.92 Å². The number of hydrogen-bond acceptors (Lipinski definition) is 5. The summed E-state index contributed by atoms with van der Waals surface area (Å²) < 4.78 is 1.57. The van der Waals surface area contributed by atoms with E-state index in [2.05, 4.69) is 20.3 Å². The molecule has 0 aliphatic carbocycles. The predicted octanol–water partition coefficient (Wildman–Crippen LogP) is 0.299. The highest BCUT2D eigenvalue weighted by Crippen LogP contribution is 2.13. The third-order valence-electron chi connectivity index (χ3n) is 3.99. The quantitative estimate of drug-likeness (QED) is 0.517. The van der Waals surface area contributed by atoms with Crippen molar-refractivity contribution < 1.29 is 14.4 Å². The van der Waals surface area contributed by atoms with Crippen LogP contribution in [0.5, 0.6) is 0 Å². The molecule has 0 aliphatic heterocycles. The number of primary amides is 1. The van der Waals surface area contributed by atoms with Crippen molar-refractivity contribution in [3.8, 4) is 5.82 Å². The molecule has 9 heteroatoms. The zero-order valence-electron chi connectivity index (χ0n) is 14.5. The summed E-state index contributed by atoms with van der Waals surface area (Å²) in [6, 6.07) is 5.92. The first-order valence-electron chi connectivity index (χ1n) is 8.19. The molecule has 3 aromatic heterocycles. The van der Waals surface area contributed by atoms with Gasteiger partial charge in [0.2, 0.25) is 11.6 Å². The van der Waals surface area contributed by atoms with E-state index in [1.807, 2.05) is 0 Å². The van der Waals surface area contributed by atoms with E-state index in [-0.39, 0.29) is 12.2 Å². The molecule has 0 bridgehead atoms. The minimum absolute atomic E-state index is 0.0579. The highest BCUT2D eigenvalue weighted by atomic mass is 16.2. The second-order valence-electron chi connectivity index (χ2n) is 5.92. The van der Waals surface area contributed by atoms with Crippen LogP contribution < -0.4 is 11.1 Å². The SMILES string of the molecule is Cc1cnc(C(=O)NC(Cc2cc[nH]c2)C(=O)C(N)=O)n1-c1ccccn1. The van der Waals surface area contributed by atoms with Gasteiger partial charge in [0.25, 0.3) is 11.8 Å². The molecule has 27 heavy (non-hydrogen) atoms. The number of Topliss-reactive ketones (excluding diaryl/α,β-unsaturated/α-hetero) is 1. The highest BCUT2D eigenvalue weighted by molar-refractivity contribution is 6.38. The van der Waals surface area contributed by atoms with Gasteiger partial charge in [0.1, 0.15) is 11.9 Å². The number of amides is 2. The molecular weight excluding hydrogens is 348 g/mol. The lowest BCUT2D eigenvalue weighted by atomic mass is 10.0. The molecule has 0 spiro atoms. The maximum Gasteiger partial charge on any atom is 0.288 e. The smallest absolute Gasteiger partial charge is 0.288 e. The zero-order valence-corrected chi connectivity index (χ0v) is 14.5. The number of nitrogens with one attached hydrogen (secondary N) is 2. The van der Waals surface area contributed by atoms with Gasteiger partial charge < -0.3 is 16.0 Å². The maximum absolute atomic E-state index is 12.8. The van der Waals surface area contributed by atoms with E-state index in [0.717, 1.165) is 5.56 Å². The number of rotatable bonds is 7.